The Labute approximate surface area is 154 Å². The largest absolute Gasteiger partial charge is 0.260 e. The third kappa shape index (κ3) is 3.84. The second-order valence-electron chi connectivity index (χ2n) is 5.83. The molecule has 0 amide bonds. The molecule has 0 unspecified atom stereocenters. The van der Waals surface area contributed by atoms with Crippen LogP contribution in [0.4, 0.5) is 8.78 Å². The summed E-state index contributed by atoms with van der Waals surface area (Å²) in [6.45, 7) is 3.68. The summed E-state index contributed by atoms with van der Waals surface area (Å²) >= 11 is 1.47. The lowest BCUT2D eigenvalue weighted by atomic mass is 10.2. The van der Waals surface area contributed by atoms with Crippen LogP contribution in [0, 0.1) is 25.5 Å². The van der Waals surface area contributed by atoms with E-state index in [1.54, 1.807) is 4.68 Å². The van der Waals surface area contributed by atoms with Crippen molar-refractivity contribution in [2.75, 3.05) is 6.54 Å². The third-order valence-electron chi connectivity index (χ3n) is 3.86. The van der Waals surface area contributed by atoms with E-state index in [-0.39, 0.29) is 6.54 Å². The number of sulfonamides is 1. The van der Waals surface area contributed by atoms with Gasteiger partial charge < -0.3 is 0 Å². The van der Waals surface area contributed by atoms with Crippen LogP contribution < -0.4 is 4.72 Å². The molecule has 1 N–H and O–H groups in total. The van der Waals surface area contributed by atoms with E-state index >= 15 is 0 Å². The van der Waals surface area contributed by atoms with E-state index in [0.717, 1.165) is 28.4 Å². The lowest BCUT2D eigenvalue weighted by molar-refractivity contribution is 0.496. The van der Waals surface area contributed by atoms with Gasteiger partial charge in [0, 0.05) is 17.1 Å². The fraction of sp³-hybridized carbons (Fsp3) is 0.235. The molecule has 0 spiro atoms. The summed E-state index contributed by atoms with van der Waals surface area (Å²) in [5.41, 5.74) is 1.68. The molecule has 3 aromatic rings. The van der Waals surface area contributed by atoms with Gasteiger partial charge in [0.1, 0.15) is 16.5 Å². The van der Waals surface area contributed by atoms with Crippen molar-refractivity contribution in [3.05, 3.63) is 69.7 Å². The summed E-state index contributed by atoms with van der Waals surface area (Å²) in [7, 11) is -4.22. The van der Waals surface area contributed by atoms with Gasteiger partial charge in [0.25, 0.3) is 0 Å². The summed E-state index contributed by atoms with van der Waals surface area (Å²) in [4.78, 5) is 0.189. The molecule has 0 saturated heterocycles. The Kier molecular flexibility index (Phi) is 5.22. The minimum Gasteiger partial charge on any atom is -0.260 e. The van der Waals surface area contributed by atoms with E-state index < -0.39 is 32.6 Å². The first-order valence-corrected chi connectivity index (χ1v) is 10.1. The Morgan fingerprint density at radius 3 is 2.62 bits per heavy atom. The molecule has 0 saturated carbocycles. The number of halogens is 2. The smallest absolute Gasteiger partial charge is 0.243 e. The first kappa shape index (κ1) is 18.7. The normalized spacial score (nSPS) is 13.1. The Morgan fingerprint density at radius 2 is 2.00 bits per heavy atom. The van der Waals surface area contributed by atoms with Gasteiger partial charge >= 0.3 is 0 Å². The predicted molar refractivity (Wildman–Crippen MR) is 95.7 cm³/mol. The van der Waals surface area contributed by atoms with E-state index in [2.05, 4.69) is 9.82 Å². The zero-order chi connectivity index (χ0) is 18.9. The second-order valence-corrected chi connectivity index (χ2v) is 8.54. The van der Waals surface area contributed by atoms with Crippen molar-refractivity contribution in [2.45, 2.75) is 24.8 Å². The SMILES string of the molecule is Cc1cc(C)n([C@@H](CNS(=O)(=O)c2cc(F)ccc2F)c2cccs2)n1. The monoisotopic (exact) mass is 397 g/mol. The Bertz CT molecular complexity index is 1010. The molecule has 9 heteroatoms. The van der Waals surface area contributed by atoms with Crippen molar-refractivity contribution in [3.63, 3.8) is 0 Å². The topological polar surface area (TPSA) is 64.0 Å². The molecule has 138 valence electrons. The number of nitrogens with one attached hydrogen (secondary N) is 1. The molecule has 3 rings (SSSR count). The molecule has 0 bridgehead atoms. The lowest BCUT2D eigenvalue weighted by Crippen LogP contribution is -2.32. The highest BCUT2D eigenvalue weighted by atomic mass is 32.2. The van der Waals surface area contributed by atoms with Crippen LogP contribution in [0.15, 0.2) is 46.7 Å². The summed E-state index contributed by atoms with van der Waals surface area (Å²) in [6, 6.07) is 7.57. The molecule has 26 heavy (non-hydrogen) atoms. The lowest BCUT2D eigenvalue weighted by Gasteiger charge is -2.19. The molecule has 2 heterocycles. The molecule has 0 radical (unpaired) electrons. The number of benzene rings is 1. The zero-order valence-corrected chi connectivity index (χ0v) is 15.7. The number of aryl methyl sites for hydroxylation is 2. The maximum Gasteiger partial charge on any atom is 0.243 e. The van der Waals surface area contributed by atoms with Gasteiger partial charge in [-0.25, -0.2) is 21.9 Å². The molecular weight excluding hydrogens is 380 g/mol. The van der Waals surface area contributed by atoms with Crippen molar-refractivity contribution in [1.29, 1.82) is 0 Å². The van der Waals surface area contributed by atoms with Crippen molar-refractivity contribution in [2.24, 2.45) is 0 Å². The van der Waals surface area contributed by atoms with E-state index in [0.29, 0.717) is 6.07 Å². The Balaban J connectivity index is 1.91. The highest BCUT2D eigenvalue weighted by Crippen LogP contribution is 2.25. The van der Waals surface area contributed by atoms with Crippen LogP contribution in [0.1, 0.15) is 22.3 Å². The minimum absolute atomic E-state index is 0.0409. The molecule has 5 nitrogen and oxygen atoms in total. The molecule has 0 fully saturated rings. The van der Waals surface area contributed by atoms with Gasteiger partial charge in [-0.1, -0.05) is 6.07 Å². The minimum atomic E-state index is -4.22. The summed E-state index contributed by atoms with van der Waals surface area (Å²) in [5, 5.41) is 6.31. The van der Waals surface area contributed by atoms with Crippen molar-refractivity contribution < 1.29 is 17.2 Å². The van der Waals surface area contributed by atoms with E-state index in [9.17, 15) is 17.2 Å². The van der Waals surface area contributed by atoms with Gasteiger partial charge in [0.05, 0.1) is 11.7 Å². The highest BCUT2D eigenvalue weighted by molar-refractivity contribution is 7.89. The number of hydrogen-bond acceptors (Lipinski definition) is 4. The molecule has 0 aliphatic rings. The van der Waals surface area contributed by atoms with Crippen LogP contribution in [0.2, 0.25) is 0 Å². The molecule has 0 aliphatic carbocycles. The first-order chi connectivity index (χ1) is 12.3. The molecular formula is C17H17F2N3O2S2. The zero-order valence-electron chi connectivity index (χ0n) is 14.1. The van der Waals surface area contributed by atoms with Crippen LogP contribution in [-0.4, -0.2) is 24.7 Å². The number of aromatic nitrogens is 2. The number of nitrogens with zero attached hydrogens (tertiary/aromatic N) is 2. The second kappa shape index (κ2) is 7.26. The summed E-state index contributed by atoms with van der Waals surface area (Å²) in [5.74, 6) is -1.82. The highest BCUT2D eigenvalue weighted by Gasteiger charge is 2.24. The average molecular weight is 397 g/mol. The summed E-state index contributed by atoms with van der Waals surface area (Å²) < 4.78 is 56.2. The molecule has 1 aromatic carbocycles. The maximum absolute atomic E-state index is 13.9. The van der Waals surface area contributed by atoms with Gasteiger partial charge in [-0.15, -0.1) is 11.3 Å². The fourth-order valence-electron chi connectivity index (χ4n) is 2.70. The van der Waals surface area contributed by atoms with Gasteiger partial charge in [-0.2, -0.15) is 5.10 Å². The molecule has 0 aliphatic heterocycles. The summed E-state index contributed by atoms with van der Waals surface area (Å²) in [6.07, 6.45) is 0. The average Bonchev–Trinajstić information content (AvgIpc) is 3.20. The number of hydrogen-bond donors (Lipinski definition) is 1. The third-order valence-corrected chi connectivity index (χ3v) is 6.27. The Hall–Kier alpha value is -2.10. The van der Waals surface area contributed by atoms with Crippen LogP contribution in [0.3, 0.4) is 0 Å². The van der Waals surface area contributed by atoms with Gasteiger partial charge in [0.2, 0.25) is 10.0 Å². The van der Waals surface area contributed by atoms with Crippen molar-refractivity contribution in [3.8, 4) is 0 Å². The van der Waals surface area contributed by atoms with E-state index in [1.165, 1.54) is 11.3 Å². The number of rotatable bonds is 6. The van der Waals surface area contributed by atoms with Crippen LogP contribution in [0.25, 0.3) is 0 Å². The predicted octanol–water partition coefficient (Wildman–Crippen LogP) is 3.41. The van der Waals surface area contributed by atoms with E-state index in [4.69, 9.17) is 0 Å². The van der Waals surface area contributed by atoms with E-state index in [1.807, 2.05) is 37.4 Å². The molecule has 1 atom stereocenters. The quantitative estimate of drug-likeness (QED) is 0.693. The van der Waals surface area contributed by atoms with Crippen LogP contribution >= 0.6 is 11.3 Å². The van der Waals surface area contributed by atoms with Crippen LogP contribution in [0.5, 0.6) is 0 Å². The van der Waals surface area contributed by atoms with Gasteiger partial charge in [0.15, 0.2) is 0 Å². The molecule has 2 aromatic heterocycles. The van der Waals surface area contributed by atoms with Crippen molar-refractivity contribution in [1.82, 2.24) is 14.5 Å². The van der Waals surface area contributed by atoms with Crippen molar-refractivity contribution >= 4 is 21.4 Å². The number of thiophene rings is 1. The Morgan fingerprint density at radius 1 is 1.23 bits per heavy atom. The first-order valence-electron chi connectivity index (χ1n) is 7.79. The standard InChI is InChI=1S/C17H17F2N3O2S2/c1-11-8-12(2)22(21-11)15(16-4-3-7-25-16)10-20-26(23,24)17-9-13(18)5-6-14(17)19/h3-9,15,20H,10H2,1-2H3/t15-/m0/s1. The van der Waals surface area contributed by atoms with Gasteiger partial charge in [-0.3, -0.25) is 4.68 Å². The van der Waals surface area contributed by atoms with Gasteiger partial charge in [-0.05, 0) is 49.6 Å². The fourth-order valence-corrected chi connectivity index (χ4v) is 4.64. The van der Waals surface area contributed by atoms with Crippen LogP contribution in [-0.2, 0) is 10.0 Å². The maximum atomic E-state index is 13.9.